The summed E-state index contributed by atoms with van der Waals surface area (Å²) in [5.41, 5.74) is 1.20. The Morgan fingerprint density at radius 1 is 1.07 bits per heavy atom. The number of rotatable bonds is 6. The van der Waals surface area contributed by atoms with Crippen LogP contribution in [0.25, 0.3) is 10.9 Å². The van der Waals surface area contributed by atoms with Crippen molar-refractivity contribution in [2.24, 2.45) is 5.92 Å². The molecule has 28 heavy (non-hydrogen) atoms. The van der Waals surface area contributed by atoms with Crippen molar-refractivity contribution < 1.29 is 27.8 Å². The molecule has 1 aliphatic carbocycles. The maximum atomic E-state index is 13.2. The van der Waals surface area contributed by atoms with Gasteiger partial charge >= 0.3 is 5.97 Å². The monoisotopic (exact) mass is 401 g/mol. The van der Waals surface area contributed by atoms with Gasteiger partial charge in [0.05, 0.1) is 30.5 Å². The Labute approximate surface area is 162 Å². The third-order valence-electron chi connectivity index (χ3n) is 5.13. The average molecular weight is 401 g/mol. The molecule has 1 N–H and O–H groups in total. The predicted molar refractivity (Wildman–Crippen MR) is 103 cm³/mol. The highest BCUT2D eigenvalue weighted by molar-refractivity contribution is 7.90. The minimum absolute atomic E-state index is 0.123. The topological polar surface area (TPSA) is 94.8 Å². The molecule has 0 amide bonds. The van der Waals surface area contributed by atoms with E-state index in [4.69, 9.17) is 9.47 Å². The third-order valence-corrected chi connectivity index (χ3v) is 6.82. The Kier molecular flexibility index (Phi) is 4.30. The van der Waals surface area contributed by atoms with Crippen LogP contribution in [0.2, 0.25) is 0 Å². The number of aliphatic carboxylic acids is 1. The molecule has 2 atom stereocenters. The highest BCUT2D eigenvalue weighted by atomic mass is 32.2. The largest absolute Gasteiger partial charge is 0.497 e. The van der Waals surface area contributed by atoms with Crippen LogP contribution in [-0.2, 0) is 14.8 Å². The molecular formula is C20H19NO6S. The van der Waals surface area contributed by atoms with Gasteiger partial charge in [-0.2, -0.15) is 0 Å². The molecule has 0 unspecified atom stereocenters. The molecule has 1 aliphatic rings. The van der Waals surface area contributed by atoms with Crippen LogP contribution in [0.5, 0.6) is 11.5 Å². The van der Waals surface area contributed by atoms with Crippen LogP contribution in [-0.4, -0.2) is 37.7 Å². The second kappa shape index (κ2) is 6.56. The zero-order chi connectivity index (χ0) is 20.1. The van der Waals surface area contributed by atoms with Gasteiger partial charge in [-0.1, -0.05) is 0 Å². The number of benzene rings is 2. The second-order valence-electron chi connectivity index (χ2n) is 6.73. The van der Waals surface area contributed by atoms with Gasteiger partial charge in [0.25, 0.3) is 10.0 Å². The van der Waals surface area contributed by atoms with Crippen molar-refractivity contribution in [1.29, 1.82) is 0 Å². The van der Waals surface area contributed by atoms with Crippen LogP contribution in [0, 0.1) is 5.92 Å². The van der Waals surface area contributed by atoms with Gasteiger partial charge in [0, 0.05) is 17.5 Å². The molecular weight excluding hydrogens is 382 g/mol. The van der Waals surface area contributed by atoms with Crippen molar-refractivity contribution >= 4 is 26.9 Å². The Morgan fingerprint density at radius 2 is 1.71 bits per heavy atom. The van der Waals surface area contributed by atoms with Gasteiger partial charge in [0.1, 0.15) is 11.5 Å². The van der Waals surface area contributed by atoms with E-state index in [1.807, 2.05) is 0 Å². The standard InChI is InChI=1S/C20H19NO6S/c1-26-12-3-6-14(7-4-12)28(24,25)21-11-18(15-10-17(15)20(22)23)16-9-13(27-2)5-8-19(16)21/h3-9,11,15,17H,10H2,1-2H3,(H,22,23)/t15-,17-/m0/s1. The van der Waals surface area contributed by atoms with Crippen molar-refractivity contribution in [2.45, 2.75) is 17.2 Å². The lowest BCUT2D eigenvalue weighted by Crippen LogP contribution is -2.11. The van der Waals surface area contributed by atoms with Crippen molar-refractivity contribution in [2.75, 3.05) is 14.2 Å². The number of fused-ring (bicyclic) bond motifs is 1. The molecule has 0 saturated heterocycles. The van der Waals surface area contributed by atoms with Crippen LogP contribution in [0.4, 0.5) is 0 Å². The van der Waals surface area contributed by atoms with E-state index in [1.54, 1.807) is 30.3 Å². The number of nitrogens with zero attached hydrogens (tertiary/aromatic N) is 1. The quantitative estimate of drug-likeness (QED) is 0.682. The minimum Gasteiger partial charge on any atom is -0.497 e. The molecule has 1 aromatic heterocycles. The number of ether oxygens (including phenoxy) is 2. The molecule has 8 heteroatoms. The highest BCUT2D eigenvalue weighted by Gasteiger charge is 2.46. The van der Waals surface area contributed by atoms with Crippen LogP contribution < -0.4 is 9.47 Å². The Morgan fingerprint density at radius 3 is 2.29 bits per heavy atom. The highest BCUT2D eigenvalue weighted by Crippen LogP contribution is 2.50. The van der Waals surface area contributed by atoms with E-state index in [-0.39, 0.29) is 10.8 Å². The fourth-order valence-corrected chi connectivity index (χ4v) is 4.88. The average Bonchev–Trinajstić information content (AvgIpc) is 3.41. The lowest BCUT2D eigenvalue weighted by Gasteiger charge is -2.09. The van der Waals surface area contributed by atoms with Crippen LogP contribution >= 0.6 is 0 Å². The zero-order valence-electron chi connectivity index (χ0n) is 15.3. The molecule has 0 radical (unpaired) electrons. The van der Waals surface area contributed by atoms with Gasteiger partial charge in [-0.25, -0.2) is 12.4 Å². The first-order valence-corrected chi connectivity index (χ1v) is 10.1. The minimum atomic E-state index is -3.86. The summed E-state index contributed by atoms with van der Waals surface area (Å²) in [6, 6.07) is 11.3. The van der Waals surface area contributed by atoms with E-state index in [1.165, 1.54) is 36.5 Å². The van der Waals surface area contributed by atoms with Gasteiger partial charge in [-0.05, 0) is 54.4 Å². The van der Waals surface area contributed by atoms with Crippen molar-refractivity contribution in [3.63, 3.8) is 0 Å². The first kappa shape index (κ1) is 18.4. The first-order valence-electron chi connectivity index (χ1n) is 8.68. The molecule has 0 spiro atoms. The maximum Gasteiger partial charge on any atom is 0.307 e. The fourth-order valence-electron chi connectivity index (χ4n) is 3.50. The summed E-state index contributed by atoms with van der Waals surface area (Å²) in [5.74, 6) is -0.426. The smallest absolute Gasteiger partial charge is 0.307 e. The van der Waals surface area contributed by atoms with Gasteiger partial charge in [-0.3, -0.25) is 4.79 Å². The summed E-state index contributed by atoms with van der Waals surface area (Å²) in [5, 5.41) is 9.98. The molecule has 1 heterocycles. The number of carbonyl (C=O) groups is 1. The normalized spacial score (nSPS) is 18.8. The summed E-state index contributed by atoms with van der Waals surface area (Å²) in [4.78, 5) is 11.5. The third kappa shape index (κ3) is 2.90. The van der Waals surface area contributed by atoms with Crippen LogP contribution in [0.15, 0.2) is 53.6 Å². The second-order valence-corrected chi connectivity index (χ2v) is 8.55. The zero-order valence-corrected chi connectivity index (χ0v) is 16.1. The SMILES string of the molecule is COc1ccc(S(=O)(=O)n2cc([C@H]3C[C@@H]3C(=O)O)c3cc(OC)ccc32)cc1. The molecule has 1 fully saturated rings. The van der Waals surface area contributed by atoms with Crippen molar-refractivity contribution in [3.8, 4) is 11.5 Å². The van der Waals surface area contributed by atoms with Gasteiger partial charge in [0.2, 0.25) is 0 Å². The number of carboxylic acids is 1. The predicted octanol–water partition coefficient (Wildman–Crippen LogP) is 3.08. The van der Waals surface area contributed by atoms with Crippen LogP contribution in [0.3, 0.4) is 0 Å². The summed E-state index contributed by atoms with van der Waals surface area (Å²) >= 11 is 0. The number of methoxy groups -OCH3 is 2. The molecule has 146 valence electrons. The molecule has 1 saturated carbocycles. The summed E-state index contributed by atoms with van der Waals surface area (Å²) in [6.45, 7) is 0. The molecule has 2 aromatic carbocycles. The molecule has 0 aliphatic heterocycles. The van der Waals surface area contributed by atoms with Crippen molar-refractivity contribution in [3.05, 3.63) is 54.2 Å². The van der Waals surface area contributed by atoms with E-state index in [0.717, 1.165) is 0 Å². The van der Waals surface area contributed by atoms with E-state index in [0.29, 0.717) is 34.4 Å². The Bertz CT molecular complexity index is 1160. The fraction of sp³-hybridized carbons (Fsp3) is 0.250. The van der Waals surface area contributed by atoms with E-state index in [2.05, 4.69) is 0 Å². The molecule has 4 rings (SSSR count). The van der Waals surface area contributed by atoms with Crippen LogP contribution in [0.1, 0.15) is 17.9 Å². The Balaban J connectivity index is 1.88. The number of hydrogen-bond donors (Lipinski definition) is 1. The number of aromatic nitrogens is 1. The summed E-state index contributed by atoms with van der Waals surface area (Å²) in [6.07, 6.45) is 2.03. The van der Waals surface area contributed by atoms with E-state index >= 15 is 0 Å². The van der Waals surface area contributed by atoms with E-state index < -0.39 is 21.9 Å². The number of hydrogen-bond acceptors (Lipinski definition) is 5. The van der Waals surface area contributed by atoms with E-state index in [9.17, 15) is 18.3 Å². The first-order chi connectivity index (χ1) is 13.4. The number of carboxylic acid groups (broad SMARTS) is 1. The lowest BCUT2D eigenvalue weighted by molar-refractivity contribution is -0.138. The molecule has 0 bridgehead atoms. The lowest BCUT2D eigenvalue weighted by atomic mass is 10.1. The van der Waals surface area contributed by atoms with Gasteiger partial charge in [-0.15, -0.1) is 0 Å². The summed E-state index contributed by atoms with van der Waals surface area (Å²) < 4.78 is 38.1. The van der Waals surface area contributed by atoms with Crippen molar-refractivity contribution in [1.82, 2.24) is 3.97 Å². The molecule has 7 nitrogen and oxygen atoms in total. The Hall–Kier alpha value is -3.00. The van der Waals surface area contributed by atoms with Gasteiger partial charge < -0.3 is 14.6 Å². The summed E-state index contributed by atoms with van der Waals surface area (Å²) in [7, 11) is -0.818. The molecule has 3 aromatic rings. The van der Waals surface area contributed by atoms with Gasteiger partial charge in [0.15, 0.2) is 0 Å². The maximum absolute atomic E-state index is 13.2.